The van der Waals surface area contributed by atoms with Gasteiger partial charge in [0.2, 0.25) is 5.79 Å². The van der Waals surface area contributed by atoms with E-state index in [-0.39, 0.29) is 73.6 Å². The molecule has 4 aromatic rings. The van der Waals surface area contributed by atoms with E-state index in [0.29, 0.717) is 72.5 Å². The summed E-state index contributed by atoms with van der Waals surface area (Å²) < 4.78 is 20.7. The normalized spacial score (nSPS) is 22.0. The lowest BCUT2D eigenvalue weighted by Gasteiger charge is -2.60. The summed E-state index contributed by atoms with van der Waals surface area (Å²) in [5, 5.41) is 57.4. The van der Waals surface area contributed by atoms with Crippen molar-refractivity contribution in [3.63, 3.8) is 0 Å². The fourth-order valence-corrected chi connectivity index (χ4v) is 9.90. The summed E-state index contributed by atoms with van der Waals surface area (Å²) in [7, 11) is 0. The van der Waals surface area contributed by atoms with Crippen LogP contribution in [0.1, 0.15) is 91.3 Å². The zero-order valence-corrected chi connectivity index (χ0v) is 37.4. The summed E-state index contributed by atoms with van der Waals surface area (Å²) in [6.45, 7) is 6.37. The molecule has 1 fully saturated rings. The number of ether oxygens (including phenoxy) is 3. The van der Waals surface area contributed by atoms with E-state index in [2.05, 4.69) is 18.7 Å². The number of nitro groups is 2. The van der Waals surface area contributed by atoms with E-state index >= 15 is 0 Å². The third-order valence-corrected chi connectivity index (χ3v) is 12.8. The highest BCUT2D eigenvalue weighted by Crippen LogP contribution is 2.62. The van der Waals surface area contributed by atoms with Crippen LogP contribution in [0.15, 0.2) is 120 Å². The lowest BCUT2D eigenvalue weighted by Crippen LogP contribution is -2.70. The molecular formula is C51H55N5O11. The van der Waals surface area contributed by atoms with Crippen molar-refractivity contribution in [1.29, 1.82) is 5.26 Å². The molecule has 6 atom stereocenters. The molecule has 67 heavy (non-hydrogen) atoms. The van der Waals surface area contributed by atoms with Crippen molar-refractivity contribution in [1.82, 2.24) is 4.90 Å². The molecule has 1 aliphatic heterocycles. The maximum absolute atomic E-state index is 15.0. The van der Waals surface area contributed by atoms with Crippen LogP contribution in [0.4, 0.5) is 11.4 Å². The maximum atomic E-state index is 15.0. The Labute approximate surface area is 389 Å². The number of unbranched alkanes of at least 4 members (excludes halogenated alkanes) is 2. The Morgan fingerprint density at radius 2 is 1.67 bits per heavy atom. The van der Waals surface area contributed by atoms with E-state index in [4.69, 9.17) is 24.2 Å². The SMILES string of the molecule is C=CCOC12Oc3ccc(Oc4cccc([N+](=O)[O-])c4)cc3C3C(CCCCO)C(CCCCO)C=C(C(=NOCc4ccc([N+](=O)[O-])cc4)CC1N(CCC)C(=O)c1ccc(C#N)cc1)C32. The number of aliphatic hydroxyl groups is 2. The fourth-order valence-electron chi connectivity index (χ4n) is 9.90. The Hall–Kier alpha value is -6.93. The Morgan fingerprint density at radius 3 is 2.34 bits per heavy atom. The van der Waals surface area contributed by atoms with Crippen LogP contribution < -0.4 is 9.47 Å². The zero-order valence-electron chi connectivity index (χ0n) is 37.4. The fraction of sp³-hybridized carbons (Fsp3) is 0.392. The molecule has 6 unspecified atom stereocenters. The molecule has 4 aromatic carbocycles. The molecule has 16 nitrogen and oxygen atoms in total. The lowest BCUT2D eigenvalue weighted by molar-refractivity contribution is -0.385. The van der Waals surface area contributed by atoms with Crippen molar-refractivity contribution in [2.75, 3.05) is 26.4 Å². The molecule has 2 aliphatic carbocycles. The minimum atomic E-state index is -1.54. The highest BCUT2D eigenvalue weighted by Gasteiger charge is 2.65. The first-order valence-electron chi connectivity index (χ1n) is 22.7. The Bertz CT molecular complexity index is 2520. The standard InChI is InChI=1S/C51H55N5O11/c1-3-24-54(50(59)36-18-14-34(32-52)15-19-36)47-31-45(53-65-33-35-16-20-38(21-17-35)55(60)61)43-28-37(10-5-7-25-57)42(13-6-8-26-58)48-44-30-41(66-40-12-9-11-39(29-40)56(62)63)22-23-46(44)67-51(47,49(43)48)64-27-4-2/h4,9,11-12,14-23,28-30,37,42,47-49,57-58H,2-3,5-8,10,13,24-27,31,33H2,1H3. The smallest absolute Gasteiger partial charge is 0.273 e. The minimum absolute atomic E-state index is 0.00408. The predicted molar refractivity (Wildman–Crippen MR) is 248 cm³/mol. The van der Waals surface area contributed by atoms with E-state index in [1.54, 1.807) is 71.6 Å². The third-order valence-electron chi connectivity index (χ3n) is 12.8. The molecule has 0 aromatic heterocycles. The summed E-state index contributed by atoms with van der Waals surface area (Å²) in [6, 6.07) is 25.2. The number of carbonyl (C=O) groups is 1. The molecule has 2 N–H and O–H groups in total. The predicted octanol–water partition coefficient (Wildman–Crippen LogP) is 9.55. The summed E-state index contributed by atoms with van der Waals surface area (Å²) in [6.07, 6.45) is 8.58. The zero-order chi connectivity index (χ0) is 47.5. The summed E-state index contributed by atoms with van der Waals surface area (Å²) >= 11 is 0. The Kier molecular flexibility index (Phi) is 15.8. The summed E-state index contributed by atoms with van der Waals surface area (Å²) in [5.41, 5.74) is 3.41. The number of amides is 1. The number of non-ortho nitro benzene ring substituents is 2. The van der Waals surface area contributed by atoms with Crippen LogP contribution in [0.25, 0.3) is 0 Å². The van der Waals surface area contributed by atoms with Gasteiger partial charge in [-0.25, -0.2) is 0 Å². The van der Waals surface area contributed by atoms with Gasteiger partial charge in [0, 0.05) is 61.4 Å². The molecule has 1 amide bonds. The van der Waals surface area contributed by atoms with Crippen LogP contribution in [0.5, 0.6) is 17.2 Å². The molecule has 350 valence electrons. The van der Waals surface area contributed by atoms with Crippen molar-refractivity contribution < 1.29 is 43.9 Å². The van der Waals surface area contributed by atoms with Crippen LogP contribution in [0.2, 0.25) is 0 Å². The Morgan fingerprint density at radius 1 is 0.955 bits per heavy atom. The maximum Gasteiger partial charge on any atom is 0.273 e. The molecule has 0 saturated heterocycles. The van der Waals surface area contributed by atoms with Gasteiger partial charge in [-0.1, -0.05) is 43.1 Å². The average Bonchev–Trinajstić information content (AvgIpc) is 3.34. The van der Waals surface area contributed by atoms with Gasteiger partial charge in [0.1, 0.15) is 29.9 Å². The van der Waals surface area contributed by atoms with E-state index in [1.165, 1.54) is 24.3 Å². The highest BCUT2D eigenvalue weighted by atomic mass is 16.7. The summed E-state index contributed by atoms with van der Waals surface area (Å²) in [5.74, 6) is -1.81. The Balaban J connectivity index is 1.44. The van der Waals surface area contributed by atoms with Gasteiger partial charge in [-0.2, -0.15) is 5.26 Å². The number of benzene rings is 4. The minimum Gasteiger partial charge on any atom is -0.459 e. The van der Waals surface area contributed by atoms with E-state index in [0.717, 1.165) is 24.0 Å². The van der Waals surface area contributed by atoms with Gasteiger partial charge in [0.15, 0.2) is 0 Å². The van der Waals surface area contributed by atoms with Gasteiger partial charge in [-0.05, 0) is 116 Å². The number of carbonyl (C=O) groups excluding carboxylic acids is 1. The molecule has 16 heteroatoms. The second-order valence-electron chi connectivity index (χ2n) is 17.0. The van der Waals surface area contributed by atoms with Crippen LogP contribution in [0.3, 0.4) is 0 Å². The average molecular weight is 914 g/mol. The second kappa shape index (κ2) is 22.0. The molecule has 7 rings (SSSR count). The van der Waals surface area contributed by atoms with E-state index in [1.807, 2.05) is 13.0 Å². The van der Waals surface area contributed by atoms with Crippen LogP contribution in [-0.2, 0) is 16.2 Å². The molecule has 1 heterocycles. The van der Waals surface area contributed by atoms with E-state index < -0.39 is 27.6 Å². The molecular weight excluding hydrogens is 859 g/mol. The first kappa shape index (κ1) is 48.0. The van der Waals surface area contributed by atoms with Gasteiger partial charge in [-0.3, -0.25) is 25.0 Å². The van der Waals surface area contributed by atoms with Crippen molar-refractivity contribution >= 4 is 23.0 Å². The first-order valence-corrected chi connectivity index (χ1v) is 22.7. The number of rotatable bonds is 22. The number of fused-ring (bicyclic) bond motifs is 2. The number of allylic oxidation sites excluding steroid dienone is 1. The topological polar surface area (TPSA) is 220 Å². The first-order chi connectivity index (χ1) is 32.5. The number of nitriles is 1. The van der Waals surface area contributed by atoms with Crippen LogP contribution in [0, 0.1) is 49.3 Å². The number of hydrogen-bond acceptors (Lipinski definition) is 13. The van der Waals surface area contributed by atoms with Crippen molar-refractivity contribution in [2.24, 2.45) is 22.9 Å². The van der Waals surface area contributed by atoms with Crippen molar-refractivity contribution in [2.45, 2.75) is 82.6 Å². The van der Waals surface area contributed by atoms with Gasteiger partial charge >= 0.3 is 0 Å². The highest BCUT2D eigenvalue weighted by molar-refractivity contribution is 6.03. The van der Waals surface area contributed by atoms with E-state index in [9.17, 15) is 40.5 Å². The second-order valence-corrected chi connectivity index (χ2v) is 17.0. The number of oxime groups is 1. The molecule has 0 radical (unpaired) electrons. The quantitative estimate of drug-likeness (QED) is 0.0326. The lowest BCUT2D eigenvalue weighted by atomic mass is 9.55. The molecule has 1 saturated carbocycles. The van der Waals surface area contributed by atoms with Gasteiger partial charge in [0.25, 0.3) is 17.3 Å². The van der Waals surface area contributed by atoms with Gasteiger partial charge < -0.3 is 34.2 Å². The number of aliphatic hydroxyl groups excluding tert-OH is 2. The molecule has 3 aliphatic rings. The number of hydrogen-bond donors (Lipinski definition) is 2. The molecule has 0 bridgehead atoms. The number of nitrogens with zero attached hydrogens (tertiary/aromatic N) is 5. The van der Waals surface area contributed by atoms with Gasteiger partial charge in [0.05, 0.1) is 45.8 Å². The largest absolute Gasteiger partial charge is 0.459 e. The summed E-state index contributed by atoms with van der Waals surface area (Å²) in [4.78, 5) is 45.0. The molecule has 0 spiro atoms. The van der Waals surface area contributed by atoms with Crippen molar-refractivity contribution in [3.05, 3.63) is 158 Å². The monoisotopic (exact) mass is 913 g/mol. The van der Waals surface area contributed by atoms with Crippen LogP contribution in [-0.4, -0.2) is 74.8 Å². The number of nitro benzene ring substituents is 2. The third kappa shape index (κ3) is 10.5. The van der Waals surface area contributed by atoms with Crippen molar-refractivity contribution in [3.8, 4) is 23.3 Å². The van der Waals surface area contributed by atoms with Gasteiger partial charge in [-0.15, -0.1) is 6.58 Å². The van der Waals surface area contributed by atoms with Crippen LogP contribution >= 0.6 is 0 Å².